The van der Waals surface area contributed by atoms with Crippen LogP contribution in [0.15, 0.2) is 94.2 Å². The number of fused-ring (bicyclic) bond motifs is 1. The van der Waals surface area contributed by atoms with Crippen molar-refractivity contribution < 1.29 is 8.76 Å². The molecule has 2 aromatic carbocycles. The number of anilines is 1. The third kappa shape index (κ3) is 4.52. The highest BCUT2D eigenvalue weighted by Crippen LogP contribution is 2.36. The van der Waals surface area contributed by atoms with Gasteiger partial charge in [0.05, 0.1) is 17.6 Å². The van der Waals surface area contributed by atoms with E-state index in [4.69, 9.17) is 5.73 Å². The fourth-order valence-electron chi connectivity index (χ4n) is 3.28. The molecule has 0 amide bonds. The van der Waals surface area contributed by atoms with Gasteiger partial charge in [-0.15, -0.1) is 10.2 Å². The van der Waals surface area contributed by atoms with Crippen LogP contribution in [-0.4, -0.2) is 13.7 Å². The van der Waals surface area contributed by atoms with Gasteiger partial charge in [-0.05, 0) is 40.2 Å². The van der Waals surface area contributed by atoms with Crippen LogP contribution in [0.25, 0.3) is 16.3 Å². The lowest BCUT2D eigenvalue weighted by Gasteiger charge is -2.13. The Kier molecular flexibility index (Phi) is 5.63. The van der Waals surface area contributed by atoms with Gasteiger partial charge < -0.3 is 10.3 Å². The Morgan fingerprint density at radius 2 is 1.84 bits per heavy atom. The number of aromatic nitrogens is 1. The lowest BCUT2D eigenvalue weighted by atomic mass is 9.93. The molecule has 6 nitrogen and oxygen atoms in total. The molecule has 0 radical (unpaired) electrons. The Hall–Kier alpha value is -3.42. The number of rotatable bonds is 4. The highest BCUT2D eigenvalue weighted by molar-refractivity contribution is 7.79. The van der Waals surface area contributed by atoms with Crippen LogP contribution in [0.2, 0.25) is 0 Å². The van der Waals surface area contributed by atoms with E-state index in [2.05, 4.69) is 47.3 Å². The largest absolute Gasteiger partial charge is 0.768 e. The second-order valence-corrected chi connectivity index (χ2v) is 8.73. The van der Waals surface area contributed by atoms with Crippen LogP contribution in [-0.2, 0) is 11.1 Å². The molecule has 1 unspecified atom stereocenters. The SMILES string of the molecule is CC1(C)C=CC=C(c2ccc(N=Nc3cc(S(=O)[O-])c4ccccc4c3N)cn2)C=C1. The highest BCUT2D eigenvalue weighted by Gasteiger charge is 2.12. The summed E-state index contributed by atoms with van der Waals surface area (Å²) >= 11 is -2.42. The van der Waals surface area contributed by atoms with Crippen LogP contribution in [0.1, 0.15) is 19.5 Å². The molecule has 0 fully saturated rings. The van der Waals surface area contributed by atoms with Crippen molar-refractivity contribution in [1.82, 2.24) is 4.98 Å². The van der Waals surface area contributed by atoms with Crippen molar-refractivity contribution in [2.75, 3.05) is 5.73 Å². The molecule has 156 valence electrons. The van der Waals surface area contributed by atoms with E-state index in [0.717, 1.165) is 11.3 Å². The molecular formula is C24H21N4O2S-. The first-order valence-electron chi connectivity index (χ1n) is 9.71. The van der Waals surface area contributed by atoms with Gasteiger partial charge in [-0.2, -0.15) is 0 Å². The van der Waals surface area contributed by atoms with Crippen molar-refractivity contribution in [2.24, 2.45) is 15.6 Å². The number of nitrogens with zero attached hydrogens (tertiary/aromatic N) is 3. The first kappa shape index (κ1) is 20.8. The van der Waals surface area contributed by atoms with Gasteiger partial charge in [-0.3, -0.25) is 9.19 Å². The molecule has 4 rings (SSSR count). The molecule has 1 aromatic heterocycles. The fraction of sp³-hybridized carbons (Fsp3) is 0.125. The molecule has 1 atom stereocenters. The van der Waals surface area contributed by atoms with E-state index in [1.54, 1.807) is 30.5 Å². The predicted molar refractivity (Wildman–Crippen MR) is 124 cm³/mol. The number of hydrogen-bond donors (Lipinski definition) is 1. The van der Waals surface area contributed by atoms with Crippen LogP contribution in [0.3, 0.4) is 0 Å². The molecular weight excluding hydrogens is 408 g/mol. The monoisotopic (exact) mass is 429 g/mol. The number of benzene rings is 2. The Balaban J connectivity index is 1.63. The zero-order valence-corrected chi connectivity index (χ0v) is 18.0. The van der Waals surface area contributed by atoms with Crippen molar-refractivity contribution in [2.45, 2.75) is 18.7 Å². The highest BCUT2D eigenvalue weighted by atomic mass is 32.2. The molecule has 0 spiro atoms. The number of azo groups is 1. The molecule has 3 aromatic rings. The minimum absolute atomic E-state index is 0.00119. The second-order valence-electron chi connectivity index (χ2n) is 7.83. The zero-order valence-electron chi connectivity index (χ0n) is 17.1. The number of hydrogen-bond acceptors (Lipinski definition) is 6. The number of allylic oxidation sites excluding steroid dienone is 6. The van der Waals surface area contributed by atoms with Crippen molar-refractivity contribution >= 4 is 44.5 Å². The third-order valence-corrected chi connectivity index (χ3v) is 5.71. The third-order valence-electron chi connectivity index (χ3n) is 5.02. The summed E-state index contributed by atoms with van der Waals surface area (Å²) < 4.78 is 23.3. The van der Waals surface area contributed by atoms with Crippen molar-refractivity contribution in [3.63, 3.8) is 0 Å². The molecule has 0 bridgehead atoms. The van der Waals surface area contributed by atoms with Gasteiger partial charge in [0.1, 0.15) is 11.4 Å². The Morgan fingerprint density at radius 3 is 2.55 bits per heavy atom. The topological polar surface area (TPSA) is 104 Å². The van der Waals surface area contributed by atoms with Crippen molar-refractivity contribution in [3.05, 3.63) is 84.7 Å². The molecule has 1 aliphatic rings. The maximum Gasteiger partial charge on any atom is 0.110 e. The van der Waals surface area contributed by atoms with Gasteiger partial charge in [-0.25, -0.2) is 0 Å². The molecule has 0 saturated carbocycles. The average molecular weight is 430 g/mol. The maximum absolute atomic E-state index is 11.7. The van der Waals surface area contributed by atoms with Crippen LogP contribution in [0.5, 0.6) is 0 Å². The molecule has 31 heavy (non-hydrogen) atoms. The van der Waals surface area contributed by atoms with E-state index < -0.39 is 11.1 Å². The summed E-state index contributed by atoms with van der Waals surface area (Å²) in [5.41, 5.74) is 9.26. The van der Waals surface area contributed by atoms with Crippen molar-refractivity contribution in [3.8, 4) is 0 Å². The van der Waals surface area contributed by atoms with E-state index in [9.17, 15) is 8.76 Å². The standard InChI is InChI=1S/C24H22N4O2S/c1-24(2)12-5-6-16(11-13-24)20-10-9-17(15-26-20)27-28-21-14-22(31(29)30)18-7-3-4-8-19(18)23(21)25/h3-15H,25H2,1-2H3,(H,29,30)/p-1. The lowest BCUT2D eigenvalue weighted by Crippen LogP contribution is -2.00. The smallest absolute Gasteiger partial charge is 0.110 e. The van der Waals surface area contributed by atoms with Gasteiger partial charge in [0.2, 0.25) is 0 Å². The van der Waals surface area contributed by atoms with E-state index in [1.807, 2.05) is 24.3 Å². The molecule has 2 N–H and O–H groups in total. The summed E-state index contributed by atoms with van der Waals surface area (Å²) in [7, 11) is 0. The van der Waals surface area contributed by atoms with Crippen LogP contribution in [0, 0.1) is 5.41 Å². The van der Waals surface area contributed by atoms with Gasteiger partial charge in [0.15, 0.2) is 0 Å². The number of nitrogens with two attached hydrogens (primary N) is 1. The first-order valence-corrected chi connectivity index (χ1v) is 10.8. The quantitative estimate of drug-likeness (QED) is 0.312. The van der Waals surface area contributed by atoms with Gasteiger partial charge >= 0.3 is 0 Å². The second kappa shape index (κ2) is 8.37. The predicted octanol–water partition coefficient (Wildman–Crippen LogP) is 6.01. The fourth-order valence-corrected chi connectivity index (χ4v) is 3.85. The Morgan fingerprint density at radius 1 is 1.06 bits per heavy atom. The van der Waals surface area contributed by atoms with Crippen LogP contribution >= 0.6 is 0 Å². The summed E-state index contributed by atoms with van der Waals surface area (Å²) in [6.45, 7) is 4.28. The Labute approximate surface area is 183 Å². The summed E-state index contributed by atoms with van der Waals surface area (Å²) in [4.78, 5) is 4.62. The normalized spacial score (nSPS) is 16.4. The number of pyridine rings is 1. The van der Waals surface area contributed by atoms with Gasteiger partial charge in [0, 0.05) is 15.7 Å². The minimum atomic E-state index is -2.42. The minimum Gasteiger partial charge on any atom is -0.768 e. The zero-order chi connectivity index (χ0) is 22.0. The molecule has 0 aliphatic heterocycles. The van der Waals surface area contributed by atoms with Gasteiger partial charge in [-0.1, -0.05) is 68.5 Å². The molecule has 7 heteroatoms. The summed E-state index contributed by atoms with van der Waals surface area (Å²) in [5, 5.41) is 9.57. The van der Waals surface area contributed by atoms with E-state index in [0.29, 0.717) is 27.8 Å². The lowest BCUT2D eigenvalue weighted by molar-refractivity contribution is 0.538. The van der Waals surface area contributed by atoms with Crippen molar-refractivity contribution in [1.29, 1.82) is 0 Å². The number of nitrogen functional groups attached to an aromatic ring is 1. The van der Waals surface area contributed by atoms with Crippen LogP contribution < -0.4 is 5.73 Å². The van der Waals surface area contributed by atoms with E-state index in [1.165, 1.54) is 6.07 Å². The summed E-state index contributed by atoms with van der Waals surface area (Å²) in [6.07, 6.45) is 12.0. The van der Waals surface area contributed by atoms with Gasteiger partial charge in [0.25, 0.3) is 0 Å². The molecule has 1 aliphatic carbocycles. The van der Waals surface area contributed by atoms with E-state index in [-0.39, 0.29) is 10.3 Å². The molecule has 1 heterocycles. The first-order chi connectivity index (χ1) is 14.8. The average Bonchev–Trinajstić information content (AvgIpc) is 2.94. The molecule has 0 saturated heterocycles. The summed E-state index contributed by atoms with van der Waals surface area (Å²) in [5.74, 6) is 0. The Bertz CT molecular complexity index is 1290. The van der Waals surface area contributed by atoms with E-state index >= 15 is 0 Å². The van der Waals surface area contributed by atoms with Crippen LogP contribution in [0.4, 0.5) is 17.1 Å². The maximum atomic E-state index is 11.7. The summed E-state index contributed by atoms with van der Waals surface area (Å²) in [6, 6.07) is 12.2.